The molecule has 52 valence electrons. The molecule has 1 aromatic heterocycles. The fourth-order valence-electron chi connectivity index (χ4n) is 0.905. The topological polar surface area (TPSA) is 0 Å². The van der Waals surface area contributed by atoms with Gasteiger partial charge in [0.2, 0.25) is 0 Å². The van der Waals surface area contributed by atoms with Gasteiger partial charge in [0.1, 0.15) is 0 Å². The predicted octanol–water partition coefficient (Wildman–Crippen LogP) is 2.37. The minimum atomic E-state index is 1.43. The SMILES string of the molecule is Cc1sc([CH]=[Ti])c(C)c1C. The molecule has 1 rings (SSSR count). The summed E-state index contributed by atoms with van der Waals surface area (Å²) < 4.78 is 2.18. The molecule has 10 heavy (non-hydrogen) atoms. The van der Waals surface area contributed by atoms with E-state index in [2.05, 4.69) is 45.1 Å². The van der Waals surface area contributed by atoms with Crippen LogP contribution in [-0.4, -0.2) is 4.31 Å². The van der Waals surface area contributed by atoms with Gasteiger partial charge in [0.25, 0.3) is 0 Å². The summed E-state index contributed by atoms with van der Waals surface area (Å²) in [7, 11) is 0. The molecule has 1 heterocycles. The molecule has 0 radical (unpaired) electrons. The summed E-state index contributed by atoms with van der Waals surface area (Å²) in [6.45, 7) is 6.56. The molecule has 0 fully saturated rings. The van der Waals surface area contributed by atoms with Gasteiger partial charge < -0.3 is 0 Å². The van der Waals surface area contributed by atoms with Gasteiger partial charge in [-0.05, 0) is 0 Å². The molecule has 0 saturated carbocycles. The first-order valence-corrected chi connectivity index (χ1v) is 4.95. The molecular formula is C8H10STi. The molecule has 0 aliphatic carbocycles. The zero-order valence-corrected chi connectivity index (χ0v) is 8.86. The Morgan fingerprint density at radius 1 is 1.20 bits per heavy atom. The summed E-state index contributed by atoms with van der Waals surface area (Å²) in [5, 5.41) is 0. The molecular weight excluding hydrogens is 176 g/mol. The molecule has 0 aliphatic heterocycles. The molecule has 0 bridgehead atoms. The molecule has 0 spiro atoms. The van der Waals surface area contributed by atoms with Crippen molar-refractivity contribution in [3.63, 3.8) is 0 Å². The summed E-state index contributed by atoms with van der Waals surface area (Å²) in [6.07, 6.45) is 0. The van der Waals surface area contributed by atoms with E-state index in [1.807, 2.05) is 11.3 Å². The van der Waals surface area contributed by atoms with Crippen LogP contribution in [0.25, 0.3) is 0 Å². The first-order chi connectivity index (χ1) is 4.66. The molecule has 0 atom stereocenters. The number of rotatable bonds is 1. The van der Waals surface area contributed by atoms with E-state index < -0.39 is 0 Å². The summed E-state index contributed by atoms with van der Waals surface area (Å²) >= 11 is 3.98. The summed E-state index contributed by atoms with van der Waals surface area (Å²) in [6, 6.07) is 0. The fraction of sp³-hybridized carbons (Fsp3) is 0.375. The predicted molar refractivity (Wildman–Crippen MR) is 43.7 cm³/mol. The van der Waals surface area contributed by atoms with Crippen LogP contribution in [-0.2, 0) is 20.0 Å². The van der Waals surface area contributed by atoms with Gasteiger partial charge in [0.15, 0.2) is 0 Å². The van der Waals surface area contributed by atoms with Crippen molar-refractivity contribution < 1.29 is 20.0 Å². The Morgan fingerprint density at radius 2 is 1.80 bits per heavy atom. The van der Waals surface area contributed by atoms with E-state index >= 15 is 0 Å². The zero-order valence-electron chi connectivity index (χ0n) is 6.49. The van der Waals surface area contributed by atoms with Crippen molar-refractivity contribution in [1.82, 2.24) is 0 Å². The second-order valence-electron chi connectivity index (χ2n) is 2.42. The van der Waals surface area contributed by atoms with E-state index in [4.69, 9.17) is 0 Å². The van der Waals surface area contributed by atoms with Crippen LogP contribution in [0.4, 0.5) is 0 Å². The van der Waals surface area contributed by atoms with Gasteiger partial charge in [-0.3, -0.25) is 0 Å². The third-order valence-corrected chi connectivity index (χ3v) is 3.89. The average molecular weight is 186 g/mol. The van der Waals surface area contributed by atoms with Gasteiger partial charge in [0.05, 0.1) is 0 Å². The summed E-state index contributed by atoms with van der Waals surface area (Å²) in [5.74, 6) is 0. The van der Waals surface area contributed by atoms with Gasteiger partial charge in [-0.15, -0.1) is 0 Å². The molecule has 2 heteroatoms. The van der Waals surface area contributed by atoms with Crippen LogP contribution < -0.4 is 0 Å². The van der Waals surface area contributed by atoms with Crippen LogP contribution in [0.15, 0.2) is 0 Å². The van der Waals surface area contributed by atoms with Crippen molar-refractivity contribution in [2.75, 3.05) is 0 Å². The van der Waals surface area contributed by atoms with E-state index in [0.717, 1.165) is 0 Å². The number of aryl methyl sites for hydroxylation is 1. The minimum absolute atomic E-state index is 1.43. The number of thiophene rings is 1. The quantitative estimate of drug-likeness (QED) is 0.590. The van der Waals surface area contributed by atoms with Crippen molar-refractivity contribution in [3.8, 4) is 0 Å². The van der Waals surface area contributed by atoms with Gasteiger partial charge in [-0.1, -0.05) is 0 Å². The van der Waals surface area contributed by atoms with E-state index in [1.165, 1.54) is 20.9 Å². The van der Waals surface area contributed by atoms with Crippen LogP contribution in [0.2, 0.25) is 0 Å². The van der Waals surface area contributed by atoms with E-state index in [1.54, 1.807) is 0 Å². The van der Waals surface area contributed by atoms with Crippen LogP contribution in [0.1, 0.15) is 20.9 Å². The van der Waals surface area contributed by atoms with Crippen molar-refractivity contribution in [2.24, 2.45) is 0 Å². The van der Waals surface area contributed by atoms with Crippen molar-refractivity contribution in [3.05, 3.63) is 20.9 Å². The number of hydrogen-bond donors (Lipinski definition) is 0. The molecule has 0 N–H and O–H groups in total. The van der Waals surface area contributed by atoms with Crippen molar-refractivity contribution >= 4 is 15.7 Å². The van der Waals surface area contributed by atoms with Crippen LogP contribution in [0.3, 0.4) is 0 Å². The average Bonchev–Trinajstić information content (AvgIpc) is 2.17. The van der Waals surface area contributed by atoms with Crippen LogP contribution in [0, 0.1) is 20.8 Å². The molecule has 0 aromatic carbocycles. The molecule has 0 aliphatic rings. The summed E-state index contributed by atoms with van der Waals surface area (Å²) in [4.78, 5) is 2.88. The van der Waals surface area contributed by atoms with E-state index in [9.17, 15) is 0 Å². The third kappa shape index (κ3) is 1.31. The molecule has 1 aromatic rings. The standard InChI is InChI=1S/C8H10S.Ti/c1-5-6(2)8(4)9-7(5)3;/h3H,1-2,4H3;. The van der Waals surface area contributed by atoms with E-state index in [0.29, 0.717) is 0 Å². The van der Waals surface area contributed by atoms with Gasteiger partial charge in [0, 0.05) is 0 Å². The molecule has 0 saturated heterocycles. The normalized spacial score (nSPS) is 9.80. The third-order valence-electron chi connectivity index (χ3n) is 1.85. The second-order valence-corrected chi connectivity index (χ2v) is 4.12. The van der Waals surface area contributed by atoms with Crippen LogP contribution in [0.5, 0.6) is 0 Å². The second kappa shape index (κ2) is 3.12. The molecule has 0 amide bonds. The van der Waals surface area contributed by atoms with Crippen molar-refractivity contribution in [1.29, 1.82) is 0 Å². The molecule has 0 nitrogen and oxygen atoms in total. The molecule has 0 unspecified atom stereocenters. The Bertz CT molecular complexity index is 260. The fourth-order valence-corrected chi connectivity index (χ4v) is 2.52. The Kier molecular flexibility index (Phi) is 2.62. The van der Waals surface area contributed by atoms with Crippen LogP contribution >= 0.6 is 11.3 Å². The number of hydrogen-bond acceptors (Lipinski definition) is 1. The zero-order chi connectivity index (χ0) is 7.72. The summed E-state index contributed by atoms with van der Waals surface area (Å²) in [5.41, 5.74) is 2.91. The Morgan fingerprint density at radius 3 is 2.00 bits per heavy atom. The Hall–Kier alpha value is 0.284. The van der Waals surface area contributed by atoms with Gasteiger partial charge in [-0.25, -0.2) is 0 Å². The van der Waals surface area contributed by atoms with Gasteiger partial charge >= 0.3 is 77.3 Å². The van der Waals surface area contributed by atoms with Gasteiger partial charge in [-0.2, -0.15) is 0 Å². The maximum absolute atomic E-state index is 2.19. The Balaban J connectivity index is 3.30. The van der Waals surface area contributed by atoms with E-state index in [-0.39, 0.29) is 0 Å². The first kappa shape index (κ1) is 8.38. The maximum atomic E-state index is 2.19. The monoisotopic (exact) mass is 186 g/mol. The first-order valence-electron chi connectivity index (χ1n) is 3.24. The Labute approximate surface area is 77.2 Å². The van der Waals surface area contributed by atoms with Crippen molar-refractivity contribution in [2.45, 2.75) is 20.8 Å².